The fourth-order valence-electron chi connectivity index (χ4n) is 1.13. The second-order valence-electron chi connectivity index (χ2n) is 4.41. The molecular formula is C20H22O6. The molecule has 0 aliphatic rings. The first-order valence-corrected chi connectivity index (χ1v) is 7.23. The van der Waals surface area contributed by atoms with Crippen molar-refractivity contribution in [3.05, 3.63) is 91.6 Å². The van der Waals surface area contributed by atoms with Crippen LogP contribution >= 0.6 is 0 Å². The molecule has 0 saturated heterocycles. The second kappa shape index (κ2) is 16.2. The molecule has 0 aliphatic heterocycles. The van der Waals surface area contributed by atoms with Gasteiger partial charge in [-0.3, -0.25) is 4.79 Å². The lowest BCUT2D eigenvalue weighted by molar-refractivity contribution is -0.139. The highest BCUT2D eigenvalue weighted by Crippen LogP contribution is 1.97. The molecule has 26 heavy (non-hydrogen) atoms. The minimum absolute atomic E-state index is 0.303. The van der Waals surface area contributed by atoms with E-state index in [2.05, 4.69) is 19.7 Å². The van der Waals surface area contributed by atoms with Gasteiger partial charge in [-0.05, 0) is 5.56 Å². The van der Waals surface area contributed by atoms with E-state index < -0.39 is 24.3 Å². The first-order chi connectivity index (χ1) is 12.2. The molecule has 0 aromatic heterocycles. The van der Waals surface area contributed by atoms with Gasteiger partial charge in [0.2, 0.25) is 0 Å². The molecule has 0 radical (unpaired) electrons. The van der Waals surface area contributed by atoms with Crippen LogP contribution in [0, 0.1) is 0 Å². The molecule has 1 aromatic carbocycles. The molecule has 0 aliphatic carbocycles. The van der Waals surface area contributed by atoms with Crippen LogP contribution < -0.4 is 0 Å². The number of carbonyl (C=O) groups is 3. The molecule has 138 valence electrons. The summed E-state index contributed by atoms with van der Waals surface area (Å²) in [5.74, 6) is -3.39. The van der Waals surface area contributed by atoms with Crippen molar-refractivity contribution in [1.29, 1.82) is 0 Å². The molecule has 6 nitrogen and oxygen atoms in total. The summed E-state index contributed by atoms with van der Waals surface area (Å²) >= 11 is 0. The summed E-state index contributed by atoms with van der Waals surface area (Å²) in [7, 11) is 0. The number of aliphatic carboxylic acids is 3. The Kier molecular flexibility index (Phi) is 15.3. The predicted molar refractivity (Wildman–Crippen MR) is 102 cm³/mol. The van der Waals surface area contributed by atoms with Gasteiger partial charge in [-0.15, -0.1) is 0 Å². The van der Waals surface area contributed by atoms with Crippen molar-refractivity contribution in [3.63, 3.8) is 0 Å². The number of carboxylic acids is 3. The van der Waals surface area contributed by atoms with Crippen LogP contribution in [0.3, 0.4) is 0 Å². The summed E-state index contributed by atoms with van der Waals surface area (Å²) in [5.41, 5.74) is 0.870. The Bertz CT molecular complexity index is 669. The summed E-state index contributed by atoms with van der Waals surface area (Å²) < 4.78 is 0. The van der Waals surface area contributed by atoms with Gasteiger partial charge in [0.1, 0.15) is 0 Å². The highest BCUT2D eigenvalue weighted by molar-refractivity contribution is 5.91. The third kappa shape index (κ3) is 18.4. The van der Waals surface area contributed by atoms with Crippen LogP contribution in [0.15, 0.2) is 86.0 Å². The van der Waals surface area contributed by atoms with Crippen molar-refractivity contribution in [2.45, 2.75) is 6.42 Å². The number of benzene rings is 1. The highest BCUT2D eigenvalue weighted by Gasteiger charge is 2.07. The Morgan fingerprint density at radius 1 is 0.923 bits per heavy atom. The van der Waals surface area contributed by atoms with E-state index in [1.807, 2.05) is 36.4 Å². The smallest absolute Gasteiger partial charge is 0.331 e. The summed E-state index contributed by atoms with van der Waals surface area (Å²) in [6.45, 7) is 10.1. The van der Waals surface area contributed by atoms with Gasteiger partial charge < -0.3 is 15.3 Å². The molecular weight excluding hydrogens is 336 g/mol. The fourth-order valence-corrected chi connectivity index (χ4v) is 1.13. The zero-order valence-corrected chi connectivity index (χ0v) is 14.2. The SMILES string of the molecule is C=C(CC(=O)O)C(=O)O.C=CC=CC=CC(=O)O.C=Cc1ccccc1. The molecule has 0 fully saturated rings. The first-order valence-electron chi connectivity index (χ1n) is 7.23. The molecule has 0 saturated carbocycles. The molecule has 0 bridgehead atoms. The van der Waals surface area contributed by atoms with E-state index in [9.17, 15) is 14.4 Å². The third-order valence-electron chi connectivity index (χ3n) is 2.30. The Morgan fingerprint density at radius 2 is 1.50 bits per heavy atom. The lowest BCUT2D eigenvalue weighted by atomic mass is 10.2. The topological polar surface area (TPSA) is 112 Å². The molecule has 0 heterocycles. The van der Waals surface area contributed by atoms with Crippen LogP contribution in [-0.2, 0) is 14.4 Å². The van der Waals surface area contributed by atoms with Gasteiger partial charge >= 0.3 is 17.9 Å². The molecule has 3 N–H and O–H groups in total. The molecule has 1 rings (SSSR count). The molecule has 0 spiro atoms. The third-order valence-corrected chi connectivity index (χ3v) is 2.30. The summed E-state index contributed by atoms with van der Waals surface area (Å²) in [6.07, 6.45) is 8.64. The fraction of sp³-hybridized carbons (Fsp3) is 0.0500. The van der Waals surface area contributed by atoms with Crippen molar-refractivity contribution >= 4 is 24.0 Å². The summed E-state index contributed by atoms with van der Waals surface area (Å²) in [6, 6.07) is 10.0. The van der Waals surface area contributed by atoms with E-state index in [1.165, 1.54) is 11.6 Å². The Balaban J connectivity index is 0. The molecule has 0 amide bonds. The summed E-state index contributed by atoms with van der Waals surface area (Å²) in [4.78, 5) is 29.5. The molecule has 6 heteroatoms. The second-order valence-corrected chi connectivity index (χ2v) is 4.41. The number of rotatable bonds is 7. The Labute approximate surface area is 152 Å². The van der Waals surface area contributed by atoms with Crippen LogP contribution in [0.1, 0.15) is 12.0 Å². The maximum Gasteiger partial charge on any atom is 0.331 e. The lowest BCUT2D eigenvalue weighted by Gasteiger charge is -1.91. The van der Waals surface area contributed by atoms with Crippen LogP contribution in [0.2, 0.25) is 0 Å². The maximum atomic E-state index is 9.87. The van der Waals surface area contributed by atoms with E-state index in [0.717, 1.165) is 6.08 Å². The van der Waals surface area contributed by atoms with Gasteiger partial charge in [-0.25, -0.2) is 9.59 Å². The summed E-state index contributed by atoms with van der Waals surface area (Å²) in [5, 5.41) is 24.1. The Morgan fingerprint density at radius 3 is 1.81 bits per heavy atom. The van der Waals surface area contributed by atoms with Crippen molar-refractivity contribution in [2.75, 3.05) is 0 Å². The van der Waals surface area contributed by atoms with Gasteiger partial charge in [0, 0.05) is 11.6 Å². The monoisotopic (exact) mass is 358 g/mol. The normalized spacial score (nSPS) is 9.23. The first kappa shape index (κ1) is 24.6. The van der Waals surface area contributed by atoms with Gasteiger partial charge in [0.05, 0.1) is 6.42 Å². The van der Waals surface area contributed by atoms with Gasteiger partial charge in [-0.1, -0.05) is 80.4 Å². The number of hydrogen-bond donors (Lipinski definition) is 3. The lowest BCUT2D eigenvalue weighted by Crippen LogP contribution is -2.04. The number of allylic oxidation sites excluding steroid dienone is 4. The van der Waals surface area contributed by atoms with E-state index in [0.29, 0.717) is 0 Å². The van der Waals surface area contributed by atoms with Gasteiger partial charge in [-0.2, -0.15) is 0 Å². The quantitative estimate of drug-likeness (QED) is 0.505. The van der Waals surface area contributed by atoms with Crippen molar-refractivity contribution in [3.8, 4) is 0 Å². The van der Waals surface area contributed by atoms with Crippen molar-refractivity contribution in [2.24, 2.45) is 0 Å². The van der Waals surface area contributed by atoms with Crippen molar-refractivity contribution < 1.29 is 29.7 Å². The van der Waals surface area contributed by atoms with Crippen molar-refractivity contribution in [1.82, 2.24) is 0 Å². The number of hydrogen-bond acceptors (Lipinski definition) is 3. The van der Waals surface area contributed by atoms with E-state index in [1.54, 1.807) is 18.2 Å². The zero-order valence-electron chi connectivity index (χ0n) is 14.2. The van der Waals surface area contributed by atoms with Crippen LogP contribution in [-0.4, -0.2) is 33.2 Å². The molecule has 0 atom stereocenters. The number of carboxylic acid groups (broad SMARTS) is 3. The van der Waals surface area contributed by atoms with Crippen LogP contribution in [0.25, 0.3) is 6.08 Å². The van der Waals surface area contributed by atoms with E-state index in [-0.39, 0.29) is 5.57 Å². The average molecular weight is 358 g/mol. The highest BCUT2D eigenvalue weighted by atomic mass is 16.4. The molecule has 1 aromatic rings. The van der Waals surface area contributed by atoms with Crippen LogP contribution in [0.5, 0.6) is 0 Å². The minimum Gasteiger partial charge on any atom is -0.481 e. The minimum atomic E-state index is -1.27. The van der Waals surface area contributed by atoms with E-state index in [4.69, 9.17) is 15.3 Å². The molecule has 0 unspecified atom stereocenters. The van der Waals surface area contributed by atoms with Gasteiger partial charge in [0.15, 0.2) is 0 Å². The predicted octanol–water partition coefficient (Wildman–Crippen LogP) is 3.80. The van der Waals surface area contributed by atoms with E-state index >= 15 is 0 Å². The zero-order chi connectivity index (χ0) is 20.4. The average Bonchev–Trinajstić information content (AvgIpc) is 2.60. The largest absolute Gasteiger partial charge is 0.481 e. The standard InChI is InChI=1S/C8H8.C7H8O2.C5H6O4/c1-2-8-6-4-3-5-7-8;1-2-3-4-5-6-7(8)9;1-3(5(8)9)2-4(6)7/h2-7H,1H2;2-6H,1H2,(H,8,9);1-2H2,(H,6,7)(H,8,9). The van der Waals surface area contributed by atoms with Crippen LogP contribution in [0.4, 0.5) is 0 Å². The maximum absolute atomic E-state index is 9.87. The van der Waals surface area contributed by atoms with Gasteiger partial charge in [0.25, 0.3) is 0 Å². The Hall–Kier alpha value is -3.67.